The molecule has 2 heteroatoms. The van der Waals surface area contributed by atoms with Crippen molar-refractivity contribution in [2.45, 2.75) is 26.2 Å². The lowest BCUT2D eigenvalue weighted by Crippen LogP contribution is -1.99. The number of fused-ring (bicyclic) bond motifs is 1. The standard InChI is InChI=1S/C25H26N2/c1-18-8-7-11-21(16-18)25-22(12-5-6-15-26)23-17-20(13-14-24(23)27-25)19-9-3-2-4-10-19/h2-4,7-11,13-14,16-17,27H,5-6,12,15,26H2,1H3. The van der Waals surface area contributed by atoms with E-state index in [0.29, 0.717) is 0 Å². The molecule has 1 aromatic heterocycles. The highest BCUT2D eigenvalue weighted by molar-refractivity contribution is 5.93. The summed E-state index contributed by atoms with van der Waals surface area (Å²) in [5.41, 5.74) is 14.7. The van der Waals surface area contributed by atoms with Crippen LogP contribution in [0.15, 0.2) is 72.8 Å². The molecule has 0 unspecified atom stereocenters. The summed E-state index contributed by atoms with van der Waals surface area (Å²) < 4.78 is 0. The number of rotatable bonds is 6. The number of nitrogens with one attached hydrogen (secondary N) is 1. The zero-order chi connectivity index (χ0) is 18.6. The van der Waals surface area contributed by atoms with Gasteiger partial charge in [-0.05, 0) is 73.2 Å². The van der Waals surface area contributed by atoms with Gasteiger partial charge in [0.05, 0.1) is 0 Å². The molecule has 0 saturated heterocycles. The fourth-order valence-corrected chi connectivity index (χ4v) is 3.81. The van der Waals surface area contributed by atoms with Crippen LogP contribution in [0.5, 0.6) is 0 Å². The van der Waals surface area contributed by atoms with E-state index in [-0.39, 0.29) is 0 Å². The van der Waals surface area contributed by atoms with Gasteiger partial charge in [0.25, 0.3) is 0 Å². The van der Waals surface area contributed by atoms with Gasteiger partial charge in [-0.3, -0.25) is 0 Å². The molecule has 0 fully saturated rings. The van der Waals surface area contributed by atoms with Gasteiger partial charge in [-0.25, -0.2) is 0 Å². The number of benzene rings is 3. The molecule has 0 saturated carbocycles. The predicted molar refractivity (Wildman–Crippen MR) is 116 cm³/mol. The largest absolute Gasteiger partial charge is 0.354 e. The number of hydrogen-bond donors (Lipinski definition) is 2. The average Bonchev–Trinajstić information content (AvgIpc) is 3.07. The van der Waals surface area contributed by atoms with E-state index in [1.54, 1.807) is 0 Å². The fraction of sp³-hybridized carbons (Fsp3) is 0.200. The van der Waals surface area contributed by atoms with E-state index in [4.69, 9.17) is 5.73 Å². The normalized spacial score (nSPS) is 11.2. The zero-order valence-corrected chi connectivity index (χ0v) is 15.8. The van der Waals surface area contributed by atoms with E-state index in [2.05, 4.69) is 84.7 Å². The second-order valence-corrected chi connectivity index (χ2v) is 7.22. The van der Waals surface area contributed by atoms with Gasteiger partial charge in [0.2, 0.25) is 0 Å². The predicted octanol–water partition coefficient (Wildman–Crippen LogP) is 6.09. The quantitative estimate of drug-likeness (QED) is 0.404. The Kier molecular flexibility index (Phi) is 5.08. The van der Waals surface area contributed by atoms with Gasteiger partial charge in [0, 0.05) is 16.6 Å². The summed E-state index contributed by atoms with van der Waals surface area (Å²) in [5.74, 6) is 0. The monoisotopic (exact) mass is 354 g/mol. The van der Waals surface area contributed by atoms with Crippen molar-refractivity contribution in [3.05, 3.63) is 83.9 Å². The van der Waals surface area contributed by atoms with E-state index in [0.717, 1.165) is 25.8 Å². The van der Waals surface area contributed by atoms with Crippen molar-refractivity contribution < 1.29 is 0 Å². The molecular weight excluding hydrogens is 328 g/mol. The molecule has 0 amide bonds. The van der Waals surface area contributed by atoms with E-state index in [1.807, 2.05) is 0 Å². The molecular formula is C25H26N2. The molecule has 3 N–H and O–H groups in total. The molecule has 27 heavy (non-hydrogen) atoms. The molecule has 3 aromatic carbocycles. The lowest BCUT2D eigenvalue weighted by Gasteiger charge is -2.07. The topological polar surface area (TPSA) is 41.8 Å². The fourth-order valence-electron chi connectivity index (χ4n) is 3.81. The molecule has 1 heterocycles. The number of aryl methyl sites for hydroxylation is 2. The number of aromatic amines is 1. The minimum Gasteiger partial charge on any atom is -0.354 e. The first kappa shape index (κ1) is 17.6. The highest BCUT2D eigenvalue weighted by Gasteiger charge is 2.14. The maximum atomic E-state index is 5.74. The van der Waals surface area contributed by atoms with Gasteiger partial charge >= 0.3 is 0 Å². The zero-order valence-electron chi connectivity index (χ0n) is 15.8. The second-order valence-electron chi connectivity index (χ2n) is 7.22. The van der Waals surface area contributed by atoms with Crippen LogP contribution >= 0.6 is 0 Å². The van der Waals surface area contributed by atoms with E-state index in [9.17, 15) is 0 Å². The Morgan fingerprint density at radius 1 is 0.778 bits per heavy atom. The highest BCUT2D eigenvalue weighted by atomic mass is 14.7. The van der Waals surface area contributed by atoms with E-state index >= 15 is 0 Å². The van der Waals surface area contributed by atoms with Gasteiger partial charge in [-0.15, -0.1) is 0 Å². The molecule has 0 spiro atoms. The third kappa shape index (κ3) is 3.67. The minimum absolute atomic E-state index is 0.747. The van der Waals surface area contributed by atoms with Crippen LogP contribution in [0.3, 0.4) is 0 Å². The highest BCUT2D eigenvalue weighted by Crippen LogP contribution is 2.34. The molecule has 4 rings (SSSR count). The van der Waals surface area contributed by atoms with E-state index in [1.165, 1.54) is 44.4 Å². The lowest BCUT2D eigenvalue weighted by atomic mass is 9.97. The SMILES string of the molecule is Cc1cccc(-c2[nH]c3ccc(-c4ccccc4)cc3c2CCCCN)c1. The van der Waals surface area contributed by atoms with E-state index < -0.39 is 0 Å². The Bertz CT molecular complexity index is 1040. The Labute approximate surface area is 161 Å². The van der Waals surface area contributed by atoms with Crippen molar-refractivity contribution in [3.8, 4) is 22.4 Å². The molecule has 0 aliphatic rings. The van der Waals surface area contributed by atoms with Gasteiger partial charge in [0.15, 0.2) is 0 Å². The van der Waals surface area contributed by atoms with Crippen molar-refractivity contribution in [2.24, 2.45) is 5.73 Å². The number of unbranched alkanes of at least 4 members (excludes halogenated alkanes) is 1. The van der Waals surface area contributed by atoms with Gasteiger partial charge in [0.1, 0.15) is 0 Å². The molecule has 136 valence electrons. The molecule has 4 aromatic rings. The van der Waals surface area contributed by atoms with Crippen LogP contribution < -0.4 is 5.73 Å². The molecule has 2 nitrogen and oxygen atoms in total. The van der Waals surface area contributed by atoms with Crippen molar-refractivity contribution in [2.75, 3.05) is 6.54 Å². The van der Waals surface area contributed by atoms with Crippen LogP contribution in [0.2, 0.25) is 0 Å². The molecule has 0 aliphatic carbocycles. The van der Waals surface area contributed by atoms with Crippen molar-refractivity contribution in [3.63, 3.8) is 0 Å². The van der Waals surface area contributed by atoms with Crippen LogP contribution in [-0.4, -0.2) is 11.5 Å². The maximum absolute atomic E-state index is 5.74. The summed E-state index contributed by atoms with van der Waals surface area (Å²) in [7, 11) is 0. The summed E-state index contributed by atoms with van der Waals surface area (Å²) in [5, 5.41) is 1.32. The second kappa shape index (κ2) is 7.81. The summed E-state index contributed by atoms with van der Waals surface area (Å²) >= 11 is 0. The molecule has 0 bridgehead atoms. The number of hydrogen-bond acceptors (Lipinski definition) is 1. The van der Waals surface area contributed by atoms with Crippen molar-refractivity contribution in [1.29, 1.82) is 0 Å². The lowest BCUT2D eigenvalue weighted by molar-refractivity contribution is 0.748. The summed E-state index contributed by atoms with van der Waals surface area (Å²) in [6.07, 6.45) is 3.20. The van der Waals surface area contributed by atoms with Gasteiger partial charge in [-0.1, -0.05) is 60.2 Å². The van der Waals surface area contributed by atoms with Crippen LogP contribution in [0.25, 0.3) is 33.3 Å². The Balaban J connectivity index is 1.86. The third-order valence-electron chi connectivity index (χ3n) is 5.20. The minimum atomic E-state index is 0.747. The summed E-state index contributed by atoms with van der Waals surface area (Å²) in [6, 6.07) is 26.1. The molecule has 0 aliphatic heterocycles. The maximum Gasteiger partial charge on any atom is 0.0497 e. The van der Waals surface area contributed by atoms with Crippen molar-refractivity contribution >= 4 is 10.9 Å². The number of aromatic nitrogens is 1. The van der Waals surface area contributed by atoms with Crippen LogP contribution in [0.4, 0.5) is 0 Å². The average molecular weight is 354 g/mol. The van der Waals surface area contributed by atoms with Gasteiger partial charge in [-0.2, -0.15) is 0 Å². The first-order valence-electron chi connectivity index (χ1n) is 9.73. The first-order valence-corrected chi connectivity index (χ1v) is 9.73. The molecule has 0 atom stereocenters. The smallest absolute Gasteiger partial charge is 0.0497 e. The number of H-pyrrole nitrogens is 1. The van der Waals surface area contributed by atoms with Crippen molar-refractivity contribution in [1.82, 2.24) is 4.98 Å². The summed E-state index contributed by atoms with van der Waals surface area (Å²) in [4.78, 5) is 3.68. The number of nitrogens with two attached hydrogens (primary N) is 1. The summed E-state index contributed by atoms with van der Waals surface area (Å²) in [6.45, 7) is 2.89. The first-order chi connectivity index (χ1) is 13.3. The van der Waals surface area contributed by atoms with Crippen LogP contribution in [-0.2, 0) is 6.42 Å². The molecule has 0 radical (unpaired) electrons. The van der Waals surface area contributed by atoms with Crippen LogP contribution in [0.1, 0.15) is 24.0 Å². The van der Waals surface area contributed by atoms with Crippen LogP contribution in [0, 0.1) is 6.92 Å². The Morgan fingerprint density at radius 3 is 2.37 bits per heavy atom. The third-order valence-corrected chi connectivity index (χ3v) is 5.20. The Hall–Kier alpha value is -2.84. The Morgan fingerprint density at radius 2 is 1.59 bits per heavy atom. The van der Waals surface area contributed by atoms with Gasteiger partial charge < -0.3 is 10.7 Å².